The van der Waals surface area contributed by atoms with Crippen LogP contribution in [0.25, 0.3) is 0 Å². The third-order valence-corrected chi connectivity index (χ3v) is 66.3. The predicted octanol–water partition coefficient (Wildman–Crippen LogP) is 44.7. The summed E-state index contributed by atoms with van der Waals surface area (Å²) in [5.41, 5.74) is 17.3. The maximum atomic E-state index is 4.81. The number of rotatable bonds is 17. The van der Waals surface area contributed by atoms with Crippen molar-refractivity contribution >= 4 is 143 Å². The van der Waals surface area contributed by atoms with Crippen LogP contribution in [0.4, 0.5) is 11.4 Å². The van der Waals surface area contributed by atoms with Crippen molar-refractivity contribution < 1.29 is 119 Å². The Morgan fingerprint density at radius 2 is 0.399 bits per heavy atom. The minimum Gasteiger partial charge on any atom is 0 e. The molecule has 12 rings (SSSR count). The molecule has 0 saturated heterocycles. The minimum absolute atomic E-state index is 0. The van der Waals surface area contributed by atoms with Gasteiger partial charge in [0.2, 0.25) is 0 Å². The number of hydrogen-bond acceptors (Lipinski definition) is 2. The molecule has 0 radical (unpaired) electrons. The summed E-state index contributed by atoms with van der Waals surface area (Å²) in [5, 5.41) is 7.48. The summed E-state index contributed by atoms with van der Waals surface area (Å²) in [6, 6.07) is 18.3. The first-order valence-electron chi connectivity index (χ1n) is 55.2. The fraction of sp³-hybridized carbons (Fsp3) is 0.883. The molecule has 23 heteroatoms. The van der Waals surface area contributed by atoms with Crippen LogP contribution in [0.5, 0.6) is 0 Å². The van der Waals surface area contributed by atoms with Gasteiger partial charge in [-0.2, -0.15) is 0 Å². The molecule has 0 spiro atoms. The van der Waals surface area contributed by atoms with Gasteiger partial charge in [0.05, 0.1) is 131 Å². The second kappa shape index (κ2) is 85.3. The van der Waals surface area contributed by atoms with Gasteiger partial charge in [-0.3, -0.25) is 0 Å². The summed E-state index contributed by atoms with van der Waals surface area (Å²) in [6.07, 6.45) is 68.7. The summed E-state index contributed by atoms with van der Waals surface area (Å²) in [5.74, 6) is 0. The normalized spacial score (nSPS) is 18.8. The topological polar surface area (TPSA) is 6.48 Å². The van der Waals surface area contributed by atoms with E-state index in [0.717, 1.165) is 39.6 Å². The number of hydrogen-bond donors (Lipinski definition) is 0. The zero-order chi connectivity index (χ0) is 103. The second-order valence-corrected chi connectivity index (χ2v) is 91.5. The van der Waals surface area contributed by atoms with Gasteiger partial charge >= 0.3 is 125 Å². The fourth-order valence-electron chi connectivity index (χ4n) is 29.3. The third-order valence-electron chi connectivity index (χ3n) is 31.5. The molecule has 0 amide bonds. The van der Waals surface area contributed by atoms with Crippen molar-refractivity contribution in [3.63, 3.8) is 0 Å². The first kappa shape index (κ1) is 166. The summed E-state index contributed by atoms with van der Waals surface area (Å²) in [7, 11) is 34.6. The van der Waals surface area contributed by atoms with E-state index in [0.29, 0.717) is 46.4 Å². The Bertz CT molecular complexity index is 2930. The van der Waals surface area contributed by atoms with E-state index in [-0.39, 0.29) is 168 Å². The molecule has 0 heterocycles. The van der Waals surface area contributed by atoms with Crippen molar-refractivity contribution in [1.29, 1.82) is 0 Å². The average Bonchev–Trinajstić information content (AvgIpc) is 1.53. The zero-order valence-electron chi connectivity index (χ0n) is 98.2. The molecule has 874 valence electrons. The molecule has 143 heavy (non-hydrogen) atoms. The molecule has 0 N–H and O–H groups in total. The molecule has 2 nitrogen and oxygen atoms in total. The molecule has 2 aromatic rings. The minimum atomic E-state index is -0.614. The van der Waals surface area contributed by atoms with Gasteiger partial charge in [0.25, 0.3) is 0 Å². The molecular formula is C120H246Cl6Fe3N2P8Pd4+8. The van der Waals surface area contributed by atoms with Crippen LogP contribution in [0.15, 0.2) is 48.5 Å². The van der Waals surface area contributed by atoms with Gasteiger partial charge in [-0.25, -0.2) is 0 Å². The van der Waals surface area contributed by atoms with Crippen molar-refractivity contribution in [2.24, 2.45) is 0 Å². The van der Waals surface area contributed by atoms with Gasteiger partial charge in [0.15, 0.2) is 0 Å². The molecule has 10 aliphatic carbocycles. The van der Waals surface area contributed by atoms with Crippen LogP contribution >= 0.6 is 121 Å². The van der Waals surface area contributed by atoms with Crippen molar-refractivity contribution in [3.05, 3.63) is 63.4 Å². The summed E-state index contributed by atoms with van der Waals surface area (Å²) in [4.78, 5) is 4.31. The van der Waals surface area contributed by atoms with E-state index in [1.807, 2.05) is 0 Å². The molecular weight excluding hydrogens is 2520 g/mol. The molecule has 0 aromatic heterocycles. The van der Waals surface area contributed by atoms with E-state index in [1.54, 1.807) is 203 Å². The Morgan fingerprint density at radius 3 is 0.538 bits per heavy atom. The molecule has 0 aliphatic heterocycles. The largest absolute Gasteiger partial charge is 0 e. The summed E-state index contributed by atoms with van der Waals surface area (Å²) >= 11 is 4.23. The van der Waals surface area contributed by atoms with Gasteiger partial charge in [-0.1, -0.05) is 48.0 Å². The van der Waals surface area contributed by atoms with Crippen LogP contribution in [0, 0.1) is 14.9 Å². The third kappa shape index (κ3) is 65.1. The van der Waals surface area contributed by atoms with E-state index >= 15 is 0 Å². The van der Waals surface area contributed by atoms with E-state index in [2.05, 4.69) is 370 Å². The summed E-state index contributed by atoms with van der Waals surface area (Å²) in [6.45, 7) is 80.1. The maximum Gasteiger partial charge on any atom is 0 e. The van der Waals surface area contributed by atoms with Crippen molar-refractivity contribution in [2.45, 2.75) is 653 Å². The van der Waals surface area contributed by atoms with Crippen LogP contribution in [-0.4, -0.2) is 148 Å². The van der Waals surface area contributed by atoms with Crippen LogP contribution in [0.3, 0.4) is 0 Å². The first-order valence-corrected chi connectivity index (χ1v) is 80.2. The van der Waals surface area contributed by atoms with Gasteiger partial charge in [0.1, 0.15) is 0 Å². The van der Waals surface area contributed by atoms with Crippen LogP contribution < -0.4 is 20.4 Å². The SMILES string of the molecule is C.C.C.C1CCC([PH+](C2CCCCC2)C2CCCC2)CC1.C1CCC([PH+](C2CCCCC2)C2CCCC2)CC1.CC(C)(C)[PH+](C1CCCC1)C(C)(C)C.CC(C)(C)[PH+](C1CCCC1)C(C)(C)C.CC(C)[PH+](C(C)C)C1CCCC1.CC(C)[PH+](C1CCCC1)C(C)(C)C.CN(C)c1ccc([PH+](C(C)(C)C)C(C)(C)C)cc1.CN(C)c1ccc([PH+](C(C)(C)C)C(C)(C)C)cc1.[CH3-].[CH3-].[Cl][Pd+].[Cl][Pd+].[Cl][Pd][Cl].[Cl][Pd][Cl].[Fe].[Fe].[Fe]. The zero-order valence-corrected chi connectivity index (χ0v) is 120. The van der Waals surface area contributed by atoms with Gasteiger partial charge in [-0.05, 0) is 534 Å². The average molecular weight is 2770 g/mol. The first-order chi connectivity index (χ1) is 62.8. The smallest absolute Gasteiger partial charge is 0 e. The number of halogens is 6. The van der Waals surface area contributed by atoms with Crippen LogP contribution in [0.2, 0.25) is 0 Å². The van der Waals surface area contributed by atoms with Gasteiger partial charge in [-0.15, -0.1) is 0 Å². The monoisotopic (exact) mass is 2760 g/mol. The molecule has 0 bridgehead atoms. The van der Waals surface area contributed by atoms with E-state index in [9.17, 15) is 0 Å². The Kier molecular flexibility index (Phi) is 98.8. The van der Waals surface area contributed by atoms with E-state index in [1.165, 1.54) is 135 Å². The number of benzene rings is 2. The van der Waals surface area contributed by atoms with Crippen molar-refractivity contribution in [2.75, 3.05) is 38.0 Å². The van der Waals surface area contributed by atoms with E-state index < -0.39 is 15.8 Å². The molecule has 10 fully saturated rings. The number of nitrogens with zero attached hydrogens (tertiary/aromatic N) is 2. The molecule has 10 saturated carbocycles. The Labute approximate surface area is 1000 Å². The second-order valence-electron chi connectivity index (χ2n) is 53.4. The standard InChI is InChI=1S/2C17H31P.2C16H28NP.2C13H27P.C12H25P.C11H23P.3CH4.2CH3.6ClH.3Fe.4Pd/c2*1-3-9-15(10-4-1)18(17-13-7-8-14-17)16-11-5-2-6-12-16;2*1-15(2,3)18(16(4,5)6)14-11-9-13(10-12-14)17(7)8;2*1-12(2,3)14(13(4,5)6)11-9-7-8-10-11;1-10(2)13(12(3,4)5)11-8-6-7-9-11;1-9(2)12(10(3)4)11-7-5-6-8-11;;;;;;;;;;;;;;;;;;/h2*15-17H,1-14H2;2*9-12H,1-8H3;2*11H,7-10H2,1-6H3;10-11H,6-9H2,1-5H3;9-11H,5-8H2,1-4H3;3*1H4;2*1H3;6*1H;;;;;;;/q;;;;;;;;;;;2*-1;;;;;;;;;;4*+2/p+2. The van der Waals surface area contributed by atoms with Crippen LogP contribution in [-0.2, 0) is 119 Å². The molecule has 2 aromatic carbocycles. The quantitative estimate of drug-likeness (QED) is 0.0885. The summed E-state index contributed by atoms with van der Waals surface area (Å²) < 4.78 is 0. The molecule has 10 aliphatic rings. The van der Waals surface area contributed by atoms with E-state index in [4.69, 9.17) is 38.1 Å². The number of anilines is 2. The Balaban J connectivity index is -0.000000238. The van der Waals surface area contributed by atoms with Crippen molar-refractivity contribution in [1.82, 2.24) is 0 Å². The van der Waals surface area contributed by atoms with Gasteiger partial charge in [0, 0.05) is 154 Å². The molecule has 1 unspecified atom stereocenters. The van der Waals surface area contributed by atoms with Crippen LogP contribution in [0.1, 0.15) is 533 Å². The van der Waals surface area contributed by atoms with Crippen molar-refractivity contribution in [3.8, 4) is 0 Å². The maximum absolute atomic E-state index is 4.81. The molecule has 1 atom stereocenters. The predicted molar refractivity (Wildman–Crippen MR) is 680 cm³/mol. The fourth-order valence-corrected chi connectivity index (χ4v) is 69.3. The van der Waals surface area contributed by atoms with Gasteiger partial charge < -0.3 is 24.7 Å². The Morgan fingerprint density at radius 1 is 0.245 bits per heavy atom. The Hall–Kier alpha value is 7.43.